The summed E-state index contributed by atoms with van der Waals surface area (Å²) in [5.74, 6) is -0.859. The van der Waals surface area contributed by atoms with E-state index in [1.165, 1.54) is 36.6 Å². The highest BCUT2D eigenvalue weighted by Gasteiger charge is 2.43. The number of carboxylic acid groups (broad SMARTS) is 1. The fraction of sp³-hybridized carbons (Fsp3) is 0.414. The number of hydrogen-bond acceptors (Lipinski definition) is 8. The van der Waals surface area contributed by atoms with Gasteiger partial charge in [0.1, 0.15) is 34.4 Å². The Morgan fingerprint density at radius 3 is 2.60 bits per heavy atom. The smallest absolute Gasteiger partial charge is 0.335 e. The van der Waals surface area contributed by atoms with E-state index in [9.17, 15) is 18.7 Å². The van der Waals surface area contributed by atoms with Gasteiger partial charge in [-0.05, 0) is 62.8 Å². The minimum atomic E-state index is -1.00. The van der Waals surface area contributed by atoms with E-state index >= 15 is 0 Å². The number of nitrogens with zero attached hydrogens (tertiary/aromatic N) is 3. The molecule has 3 fully saturated rings. The maximum absolute atomic E-state index is 14.6. The van der Waals surface area contributed by atoms with Gasteiger partial charge < -0.3 is 24.0 Å². The zero-order chi connectivity index (χ0) is 27.5. The van der Waals surface area contributed by atoms with Gasteiger partial charge in [0.05, 0.1) is 30.1 Å². The molecule has 0 spiro atoms. The summed E-state index contributed by atoms with van der Waals surface area (Å²) in [5, 5.41) is 14.5. The van der Waals surface area contributed by atoms with Crippen molar-refractivity contribution < 1.29 is 32.7 Å². The molecule has 4 heterocycles. The molecule has 0 radical (unpaired) electrons. The van der Waals surface area contributed by atoms with Crippen LogP contribution in [0.25, 0.3) is 21.5 Å². The molecular weight excluding hydrogens is 540 g/mol. The normalized spacial score (nSPS) is 22.3. The van der Waals surface area contributed by atoms with E-state index < -0.39 is 17.6 Å². The molecule has 8 nitrogen and oxygen atoms in total. The summed E-state index contributed by atoms with van der Waals surface area (Å²) in [6.45, 7) is 0.252. The molecule has 11 heteroatoms. The highest BCUT2D eigenvalue weighted by atomic mass is 32.1. The van der Waals surface area contributed by atoms with E-state index in [2.05, 4.69) is 10.1 Å². The molecule has 3 atom stereocenters. The molecule has 1 saturated carbocycles. The van der Waals surface area contributed by atoms with E-state index in [1.807, 2.05) is 0 Å². The summed E-state index contributed by atoms with van der Waals surface area (Å²) >= 11 is 1.49. The molecule has 2 bridgehead atoms. The molecule has 2 aromatic carbocycles. The number of methoxy groups -OCH3 is 1. The van der Waals surface area contributed by atoms with Crippen LogP contribution in [0.3, 0.4) is 0 Å². The first kappa shape index (κ1) is 25.4. The molecular formula is C29H27F2N3O5S. The minimum absolute atomic E-state index is 0.00384. The second-order valence-electron chi connectivity index (χ2n) is 10.8. The summed E-state index contributed by atoms with van der Waals surface area (Å²) in [4.78, 5) is 18.8. The van der Waals surface area contributed by atoms with Crippen LogP contribution in [0.15, 0.2) is 34.9 Å². The van der Waals surface area contributed by atoms with Crippen molar-refractivity contribution in [2.75, 3.05) is 12.0 Å². The van der Waals surface area contributed by atoms with Crippen molar-refractivity contribution in [1.29, 1.82) is 0 Å². The first-order valence-corrected chi connectivity index (χ1v) is 14.3. The van der Waals surface area contributed by atoms with Crippen LogP contribution in [-0.4, -0.2) is 46.5 Å². The molecule has 2 saturated heterocycles. The molecule has 0 amide bonds. The summed E-state index contributed by atoms with van der Waals surface area (Å²) in [6, 6.07) is 7.13. The predicted octanol–water partition coefficient (Wildman–Crippen LogP) is 6.53. The molecule has 2 aromatic heterocycles. The molecule has 1 aliphatic carbocycles. The van der Waals surface area contributed by atoms with Crippen molar-refractivity contribution in [3.63, 3.8) is 0 Å². The standard InChI is InChI=1S/C29H27F2N3O5S/c1-37-23-8-15(28(35)36)9-24-26(23)32-29(40-24)34-17-5-6-18(34)12-19(11-17)38-13-21-25(33-39-27(21)14-2-3-14)20-7-4-16(30)10-22(20)31/h4,7-10,14,17-19H,2-3,5-6,11-13H2,1H3,(H,35,36)/t17-,18+,19?. The van der Waals surface area contributed by atoms with E-state index in [4.69, 9.17) is 19.0 Å². The highest BCUT2D eigenvalue weighted by Crippen LogP contribution is 2.46. The van der Waals surface area contributed by atoms with Crippen LogP contribution in [0.2, 0.25) is 0 Å². The third-order valence-corrected chi connectivity index (χ3v) is 9.26. The number of aromatic carboxylic acids is 1. The first-order valence-electron chi connectivity index (χ1n) is 13.4. The number of fused-ring (bicyclic) bond motifs is 3. The topological polar surface area (TPSA) is 97.9 Å². The molecule has 1 unspecified atom stereocenters. The number of halogens is 2. The number of rotatable bonds is 8. The molecule has 2 aliphatic heterocycles. The van der Waals surface area contributed by atoms with Crippen LogP contribution in [0, 0.1) is 11.6 Å². The fourth-order valence-corrected chi connectivity index (χ4v) is 7.34. The molecule has 4 aromatic rings. The number of benzene rings is 2. The molecule has 1 N–H and O–H groups in total. The van der Waals surface area contributed by atoms with Crippen molar-refractivity contribution >= 4 is 32.7 Å². The van der Waals surface area contributed by atoms with Gasteiger partial charge in [-0.3, -0.25) is 0 Å². The quantitative estimate of drug-likeness (QED) is 0.257. The lowest BCUT2D eigenvalue weighted by Gasteiger charge is -2.38. The van der Waals surface area contributed by atoms with Crippen LogP contribution in [0.1, 0.15) is 66.1 Å². The number of aromatic nitrogens is 2. The second-order valence-corrected chi connectivity index (χ2v) is 11.8. The second kappa shape index (κ2) is 9.81. The van der Waals surface area contributed by atoms with Crippen molar-refractivity contribution in [2.45, 2.75) is 69.2 Å². The maximum atomic E-state index is 14.6. The molecule has 40 heavy (non-hydrogen) atoms. The average Bonchev–Trinajstić information content (AvgIpc) is 3.45. The Morgan fingerprint density at radius 2 is 1.93 bits per heavy atom. The van der Waals surface area contributed by atoms with Crippen LogP contribution in [0.4, 0.5) is 13.9 Å². The zero-order valence-electron chi connectivity index (χ0n) is 21.7. The average molecular weight is 568 g/mol. The summed E-state index contributed by atoms with van der Waals surface area (Å²) in [6.07, 6.45) is 5.66. The Morgan fingerprint density at radius 1 is 1.15 bits per heavy atom. The lowest BCUT2D eigenvalue weighted by atomic mass is 10.00. The van der Waals surface area contributed by atoms with Crippen molar-refractivity contribution in [3.05, 3.63) is 58.9 Å². The highest BCUT2D eigenvalue weighted by molar-refractivity contribution is 7.22. The van der Waals surface area contributed by atoms with Crippen molar-refractivity contribution in [2.24, 2.45) is 0 Å². The van der Waals surface area contributed by atoms with Gasteiger partial charge in [-0.15, -0.1) is 0 Å². The third kappa shape index (κ3) is 4.41. The van der Waals surface area contributed by atoms with E-state index in [0.717, 1.165) is 65.7 Å². The number of thiazole rings is 1. The van der Waals surface area contributed by atoms with Gasteiger partial charge >= 0.3 is 5.97 Å². The number of carboxylic acids is 1. The number of hydrogen-bond donors (Lipinski definition) is 1. The van der Waals surface area contributed by atoms with Gasteiger partial charge in [0.25, 0.3) is 0 Å². The lowest BCUT2D eigenvalue weighted by molar-refractivity contribution is 0.0147. The number of piperidine rings is 1. The van der Waals surface area contributed by atoms with Gasteiger partial charge in [-0.25, -0.2) is 18.6 Å². The van der Waals surface area contributed by atoms with Gasteiger partial charge in [0.2, 0.25) is 0 Å². The number of anilines is 1. The Kier molecular flexibility index (Phi) is 6.23. The Labute approximate surface area is 232 Å². The summed E-state index contributed by atoms with van der Waals surface area (Å²) < 4.78 is 46.5. The van der Waals surface area contributed by atoms with Crippen LogP contribution >= 0.6 is 11.3 Å². The SMILES string of the molecule is COc1cc(C(=O)O)cc2sc(N3[C@@H]4CC[C@H]3CC(OCc3c(-c5ccc(F)cc5F)noc3C3CC3)C4)nc12. The molecule has 7 rings (SSSR count). The van der Waals surface area contributed by atoms with Crippen molar-refractivity contribution in [1.82, 2.24) is 10.1 Å². The predicted molar refractivity (Wildman–Crippen MR) is 144 cm³/mol. The van der Waals surface area contributed by atoms with Gasteiger partial charge in [-0.2, -0.15) is 0 Å². The van der Waals surface area contributed by atoms with Gasteiger partial charge in [-0.1, -0.05) is 16.5 Å². The Balaban J connectivity index is 1.11. The largest absolute Gasteiger partial charge is 0.494 e. The molecule has 3 aliphatic rings. The van der Waals surface area contributed by atoms with Gasteiger partial charge in [0.15, 0.2) is 5.13 Å². The van der Waals surface area contributed by atoms with Crippen LogP contribution < -0.4 is 9.64 Å². The number of carbonyl (C=O) groups is 1. The first-order chi connectivity index (χ1) is 19.4. The monoisotopic (exact) mass is 567 g/mol. The Hall–Kier alpha value is -3.57. The fourth-order valence-electron chi connectivity index (χ4n) is 6.17. The summed E-state index contributed by atoms with van der Waals surface area (Å²) in [5.41, 5.74) is 2.18. The van der Waals surface area contributed by atoms with E-state index in [0.29, 0.717) is 17.0 Å². The van der Waals surface area contributed by atoms with Crippen LogP contribution in [-0.2, 0) is 11.3 Å². The van der Waals surface area contributed by atoms with E-state index in [-0.39, 0.29) is 41.8 Å². The lowest BCUT2D eigenvalue weighted by Crippen LogP contribution is -2.45. The van der Waals surface area contributed by atoms with Crippen molar-refractivity contribution in [3.8, 4) is 17.0 Å². The Bertz CT molecular complexity index is 1600. The van der Waals surface area contributed by atoms with E-state index in [1.54, 1.807) is 6.07 Å². The molecule has 208 valence electrons. The maximum Gasteiger partial charge on any atom is 0.335 e. The van der Waals surface area contributed by atoms with Crippen LogP contribution in [0.5, 0.6) is 5.75 Å². The number of ether oxygens (including phenoxy) is 2. The third-order valence-electron chi connectivity index (χ3n) is 8.24. The minimum Gasteiger partial charge on any atom is -0.494 e. The van der Waals surface area contributed by atoms with Gasteiger partial charge in [0, 0.05) is 35.2 Å². The summed E-state index contributed by atoms with van der Waals surface area (Å²) in [7, 11) is 1.52. The zero-order valence-corrected chi connectivity index (χ0v) is 22.5.